The zero-order valence-electron chi connectivity index (χ0n) is 10.9. The highest BCUT2D eigenvalue weighted by Crippen LogP contribution is 2.22. The Bertz CT molecular complexity index is 466. The quantitative estimate of drug-likeness (QED) is 0.724. The number of nitrogen functional groups attached to an aromatic ring is 1. The smallest absolute Gasteiger partial charge is 0.252 e. The zero-order chi connectivity index (χ0) is 14.6. The highest BCUT2D eigenvalue weighted by molar-refractivity contribution is 9.10. The van der Waals surface area contributed by atoms with Crippen molar-refractivity contribution < 1.29 is 14.3 Å². The van der Waals surface area contributed by atoms with E-state index in [0.717, 1.165) is 6.07 Å². The van der Waals surface area contributed by atoms with E-state index in [0.29, 0.717) is 16.8 Å². The Balaban J connectivity index is 2.66. The van der Waals surface area contributed by atoms with Crippen LogP contribution >= 0.6 is 15.9 Å². The summed E-state index contributed by atoms with van der Waals surface area (Å²) in [4.78, 5) is 11.9. The Morgan fingerprint density at radius 2 is 2.16 bits per heavy atom. The number of hydrogen-bond acceptors (Lipinski definition) is 3. The standard InChI is InChI=1S/C13H18BrFN2O2/c1-7(2)3-8(18)6-17-13(19)9-4-12(16)11(15)5-10(9)14/h4-5,7-8,18H,3,6,16H2,1-2H3,(H,17,19). The van der Waals surface area contributed by atoms with Crippen LogP contribution in [0.1, 0.15) is 30.6 Å². The minimum Gasteiger partial charge on any atom is -0.396 e. The fourth-order valence-corrected chi connectivity index (χ4v) is 2.17. The largest absolute Gasteiger partial charge is 0.396 e. The predicted octanol–water partition coefficient (Wildman–Crippen LogP) is 2.31. The Morgan fingerprint density at radius 3 is 2.74 bits per heavy atom. The summed E-state index contributed by atoms with van der Waals surface area (Å²) >= 11 is 3.11. The second-order valence-corrected chi connectivity index (χ2v) is 5.70. The van der Waals surface area contributed by atoms with Crippen LogP contribution in [0.4, 0.5) is 10.1 Å². The average Bonchev–Trinajstić information content (AvgIpc) is 2.30. The summed E-state index contributed by atoms with van der Waals surface area (Å²) in [5.74, 6) is -0.634. The molecule has 0 saturated carbocycles. The van der Waals surface area contributed by atoms with Crippen LogP contribution in [0.15, 0.2) is 16.6 Å². The van der Waals surface area contributed by atoms with E-state index in [9.17, 15) is 14.3 Å². The van der Waals surface area contributed by atoms with Gasteiger partial charge >= 0.3 is 0 Å². The topological polar surface area (TPSA) is 75.3 Å². The lowest BCUT2D eigenvalue weighted by Crippen LogP contribution is -2.33. The minimum absolute atomic E-state index is 0.0870. The highest BCUT2D eigenvalue weighted by Gasteiger charge is 2.15. The molecule has 1 atom stereocenters. The molecule has 0 saturated heterocycles. The van der Waals surface area contributed by atoms with E-state index in [4.69, 9.17) is 5.73 Å². The lowest BCUT2D eigenvalue weighted by Gasteiger charge is -2.14. The van der Waals surface area contributed by atoms with E-state index < -0.39 is 17.8 Å². The number of nitrogens with one attached hydrogen (secondary N) is 1. The first-order valence-corrected chi connectivity index (χ1v) is 6.81. The summed E-state index contributed by atoms with van der Waals surface area (Å²) in [7, 11) is 0. The van der Waals surface area contributed by atoms with Gasteiger partial charge in [-0.15, -0.1) is 0 Å². The molecule has 4 N–H and O–H groups in total. The molecule has 0 spiro atoms. The number of anilines is 1. The van der Waals surface area contributed by atoms with Crippen LogP contribution in [0.3, 0.4) is 0 Å². The van der Waals surface area contributed by atoms with E-state index in [2.05, 4.69) is 21.2 Å². The van der Waals surface area contributed by atoms with Crippen molar-refractivity contribution in [1.82, 2.24) is 5.32 Å². The van der Waals surface area contributed by atoms with Crippen LogP contribution in [0.25, 0.3) is 0 Å². The second-order valence-electron chi connectivity index (χ2n) is 4.85. The van der Waals surface area contributed by atoms with Gasteiger partial charge in [0.2, 0.25) is 0 Å². The maximum absolute atomic E-state index is 13.2. The van der Waals surface area contributed by atoms with E-state index >= 15 is 0 Å². The Labute approximate surface area is 120 Å². The number of aliphatic hydroxyl groups excluding tert-OH is 1. The number of amides is 1. The molecule has 0 heterocycles. The molecular formula is C13H18BrFN2O2. The zero-order valence-corrected chi connectivity index (χ0v) is 12.5. The van der Waals surface area contributed by atoms with E-state index in [1.165, 1.54) is 6.07 Å². The SMILES string of the molecule is CC(C)CC(O)CNC(=O)c1cc(N)c(F)cc1Br. The Hall–Kier alpha value is -1.14. The molecule has 19 heavy (non-hydrogen) atoms. The molecule has 1 aromatic rings. The Kier molecular flexibility index (Phi) is 5.75. The summed E-state index contributed by atoms with van der Waals surface area (Å²) in [6, 6.07) is 2.42. The monoisotopic (exact) mass is 332 g/mol. The van der Waals surface area contributed by atoms with Gasteiger partial charge in [-0.2, -0.15) is 0 Å². The van der Waals surface area contributed by atoms with Gasteiger partial charge in [0.05, 0.1) is 17.4 Å². The van der Waals surface area contributed by atoms with E-state index in [1.807, 2.05) is 13.8 Å². The molecular weight excluding hydrogens is 315 g/mol. The van der Waals surface area contributed by atoms with Gasteiger partial charge < -0.3 is 16.2 Å². The van der Waals surface area contributed by atoms with Crippen LogP contribution < -0.4 is 11.1 Å². The minimum atomic E-state index is -0.597. The van der Waals surface area contributed by atoms with Crippen molar-refractivity contribution in [3.63, 3.8) is 0 Å². The fourth-order valence-electron chi connectivity index (χ4n) is 1.67. The third kappa shape index (κ3) is 4.80. The first-order valence-electron chi connectivity index (χ1n) is 6.02. The molecule has 0 aliphatic carbocycles. The number of carbonyl (C=O) groups excluding carboxylic acids is 1. The fraction of sp³-hybridized carbons (Fsp3) is 0.462. The van der Waals surface area contributed by atoms with Gasteiger partial charge in [0, 0.05) is 11.0 Å². The maximum atomic E-state index is 13.2. The van der Waals surface area contributed by atoms with Gasteiger partial charge in [-0.25, -0.2) is 4.39 Å². The number of aliphatic hydroxyl groups is 1. The number of hydrogen-bond donors (Lipinski definition) is 3. The van der Waals surface area contributed by atoms with Gasteiger partial charge in [0.15, 0.2) is 0 Å². The molecule has 0 aliphatic heterocycles. The average molecular weight is 333 g/mol. The molecule has 0 fully saturated rings. The van der Waals surface area contributed by atoms with Crippen molar-refractivity contribution in [3.05, 3.63) is 28.0 Å². The van der Waals surface area contributed by atoms with Crippen molar-refractivity contribution in [2.24, 2.45) is 5.92 Å². The number of rotatable bonds is 5. The summed E-state index contributed by atoms with van der Waals surface area (Å²) < 4.78 is 13.5. The summed E-state index contributed by atoms with van der Waals surface area (Å²) in [6.45, 7) is 4.13. The van der Waals surface area contributed by atoms with Gasteiger partial charge in [-0.1, -0.05) is 13.8 Å². The van der Waals surface area contributed by atoms with Gasteiger partial charge in [0.1, 0.15) is 5.82 Å². The molecule has 4 nitrogen and oxygen atoms in total. The summed E-state index contributed by atoms with van der Waals surface area (Å²) in [5, 5.41) is 12.3. The maximum Gasteiger partial charge on any atom is 0.252 e. The predicted molar refractivity (Wildman–Crippen MR) is 76.3 cm³/mol. The molecule has 0 radical (unpaired) electrons. The summed E-state index contributed by atoms with van der Waals surface area (Å²) in [6.07, 6.45) is 0.00743. The number of benzene rings is 1. The third-order valence-electron chi connectivity index (χ3n) is 2.57. The lowest BCUT2D eigenvalue weighted by molar-refractivity contribution is 0.0899. The first kappa shape index (κ1) is 15.9. The van der Waals surface area contributed by atoms with Gasteiger partial charge in [-0.3, -0.25) is 4.79 Å². The molecule has 1 unspecified atom stereocenters. The van der Waals surface area contributed by atoms with E-state index in [-0.39, 0.29) is 17.8 Å². The van der Waals surface area contributed by atoms with Crippen molar-refractivity contribution in [2.45, 2.75) is 26.4 Å². The normalized spacial score (nSPS) is 12.5. The molecule has 6 heteroatoms. The third-order valence-corrected chi connectivity index (χ3v) is 3.23. The number of carbonyl (C=O) groups is 1. The number of halogens is 2. The van der Waals surface area contributed by atoms with Gasteiger partial charge in [0.25, 0.3) is 5.91 Å². The van der Waals surface area contributed by atoms with Crippen LogP contribution in [0.2, 0.25) is 0 Å². The van der Waals surface area contributed by atoms with Crippen molar-refractivity contribution in [2.75, 3.05) is 12.3 Å². The molecule has 0 aromatic heterocycles. The molecule has 0 aliphatic rings. The highest BCUT2D eigenvalue weighted by atomic mass is 79.9. The van der Waals surface area contributed by atoms with Crippen molar-refractivity contribution in [1.29, 1.82) is 0 Å². The second kappa shape index (κ2) is 6.86. The molecule has 1 rings (SSSR count). The van der Waals surface area contributed by atoms with Crippen LogP contribution in [-0.4, -0.2) is 23.7 Å². The number of nitrogens with two attached hydrogens (primary N) is 1. The molecule has 0 bridgehead atoms. The van der Waals surface area contributed by atoms with Crippen LogP contribution in [-0.2, 0) is 0 Å². The lowest BCUT2D eigenvalue weighted by atomic mass is 10.1. The van der Waals surface area contributed by atoms with Gasteiger partial charge in [-0.05, 0) is 40.4 Å². The first-order chi connectivity index (χ1) is 8.81. The van der Waals surface area contributed by atoms with Crippen molar-refractivity contribution >= 4 is 27.5 Å². The molecule has 1 amide bonds. The van der Waals surface area contributed by atoms with Crippen molar-refractivity contribution in [3.8, 4) is 0 Å². The Morgan fingerprint density at radius 1 is 1.53 bits per heavy atom. The molecule has 1 aromatic carbocycles. The van der Waals surface area contributed by atoms with Crippen LogP contribution in [0, 0.1) is 11.7 Å². The summed E-state index contributed by atoms with van der Waals surface area (Å²) in [5.41, 5.74) is 5.58. The van der Waals surface area contributed by atoms with E-state index in [1.54, 1.807) is 0 Å². The molecule has 106 valence electrons. The van der Waals surface area contributed by atoms with Crippen LogP contribution in [0.5, 0.6) is 0 Å².